The molecule has 1 heterocycles. The number of H-pyrrole nitrogens is 1. The van der Waals surface area contributed by atoms with E-state index in [9.17, 15) is 13.2 Å². The molecule has 0 spiro atoms. The predicted octanol–water partition coefficient (Wildman–Crippen LogP) is 3.16. The molecule has 3 nitrogen and oxygen atoms in total. The first-order valence-electron chi connectivity index (χ1n) is 6.93. The van der Waals surface area contributed by atoms with Gasteiger partial charge < -0.3 is 10.7 Å². The molecule has 3 rings (SSSR count). The van der Waals surface area contributed by atoms with E-state index in [0.29, 0.717) is 18.3 Å². The lowest BCUT2D eigenvalue weighted by molar-refractivity contribution is -0.137. The van der Waals surface area contributed by atoms with Crippen molar-refractivity contribution in [2.75, 3.05) is 6.54 Å². The minimum atomic E-state index is -4.39. The number of aromatic nitrogens is 2. The van der Waals surface area contributed by atoms with E-state index >= 15 is 0 Å². The zero-order valence-corrected chi connectivity index (χ0v) is 11.4. The quantitative estimate of drug-likeness (QED) is 0.894. The highest BCUT2D eigenvalue weighted by atomic mass is 19.4. The lowest BCUT2D eigenvalue weighted by atomic mass is 9.90. The maximum Gasteiger partial charge on any atom is 0.417 e. The number of aryl methyl sites for hydroxylation is 1. The van der Waals surface area contributed by atoms with Crippen molar-refractivity contribution in [2.24, 2.45) is 11.7 Å². The molecule has 0 bridgehead atoms. The first-order valence-corrected chi connectivity index (χ1v) is 6.93. The van der Waals surface area contributed by atoms with E-state index in [1.54, 1.807) is 6.07 Å². The number of imidazole rings is 1. The van der Waals surface area contributed by atoms with Crippen molar-refractivity contribution in [2.45, 2.75) is 25.4 Å². The maximum absolute atomic E-state index is 13.1. The minimum absolute atomic E-state index is 0.101. The molecule has 112 valence electrons. The Kier molecular flexibility index (Phi) is 3.49. The van der Waals surface area contributed by atoms with Crippen molar-refractivity contribution < 1.29 is 13.2 Å². The summed E-state index contributed by atoms with van der Waals surface area (Å²) in [4.78, 5) is 7.43. The second-order valence-corrected chi connectivity index (χ2v) is 5.40. The van der Waals surface area contributed by atoms with Crippen molar-refractivity contribution in [1.29, 1.82) is 0 Å². The second kappa shape index (κ2) is 5.18. The molecule has 1 aliphatic rings. The third-order valence-corrected chi connectivity index (χ3v) is 3.97. The van der Waals surface area contributed by atoms with Crippen LogP contribution in [-0.4, -0.2) is 16.5 Å². The van der Waals surface area contributed by atoms with Crippen molar-refractivity contribution in [1.82, 2.24) is 9.97 Å². The molecule has 0 saturated heterocycles. The highest BCUT2D eigenvalue weighted by Crippen LogP contribution is 2.37. The minimum Gasteiger partial charge on any atom is -0.342 e. The normalized spacial score (nSPS) is 18.6. The standard InChI is InChI=1S/C15H16F3N3/c16-15(17,18)11-4-2-1-3-10(11)14-20-12-6-5-9(8-19)7-13(12)21-14/h1-4,9H,5-8,19H2,(H,20,21). The molecule has 2 aromatic rings. The van der Waals surface area contributed by atoms with Crippen molar-refractivity contribution in [3.8, 4) is 11.4 Å². The number of fused-ring (bicyclic) bond motifs is 1. The van der Waals surface area contributed by atoms with Gasteiger partial charge in [-0.3, -0.25) is 0 Å². The number of benzene rings is 1. The van der Waals surface area contributed by atoms with Crippen LogP contribution in [-0.2, 0) is 19.0 Å². The molecule has 0 fully saturated rings. The van der Waals surface area contributed by atoms with Crippen LogP contribution in [0.5, 0.6) is 0 Å². The molecule has 21 heavy (non-hydrogen) atoms. The number of halogens is 3. The fourth-order valence-electron chi connectivity index (χ4n) is 2.82. The van der Waals surface area contributed by atoms with E-state index in [1.807, 2.05) is 0 Å². The van der Waals surface area contributed by atoms with E-state index in [1.165, 1.54) is 12.1 Å². The van der Waals surface area contributed by atoms with Crippen molar-refractivity contribution in [3.63, 3.8) is 0 Å². The van der Waals surface area contributed by atoms with E-state index < -0.39 is 11.7 Å². The van der Waals surface area contributed by atoms with Crippen LogP contribution in [0.25, 0.3) is 11.4 Å². The monoisotopic (exact) mass is 295 g/mol. The number of rotatable bonds is 2. The first kappa shape index (κ1) is 14.1. The van der Waals surface area contributed by atoms with Gasteiger partial charge in [-0.2, -0.15) is 13.2 Å². The number of nitrogens with one attached hydrogen (secondary N) is 1. The second-order valence-electron chi connectivity index (χ2n) is 5.40. The zero-order valence-electron chi connectivity index (χ0n) is 11.4. The Hall–Kier alpha value is -1.82. The lowest BCUT2D eigenvalue weighted by Gasteiger charge is -2.18. The topological polar surface area (TPSA) is 54.7 Å². The van der Waals surface area contributed by atoms with Crippen LogP contribution in [0.15, 0.2) is 24.3 Å². The largest absolute Gasteiger partial charge is 0.417 e. The summed E-state index contributed by atoms with van der Waals surface area (Å²) in [5.74, 6) is 0.675. The molecule has 1 aliphatic carbocycles. The molecular formula is C15H16F3N3. The van der Waals surface area contributed by atoms with Crippen LogP contribution in [0.3, 0.4) is 0 Å². The van der Waals surface area contributed by atoms with Gasteiger partial charge in [0.2, 0.25) is 0 Å². The Balaban J connectivity index is 2.02. The summed E-state index contributed by atoms with van der Waals surface area (Å²) >= 11 is 0. The Bertz CT molecular complexity index is 646. The van der Waals surface area contributed by atoms with E-state index in [2.05, 4.69) is 9.97 Å². The summed E-state index contributed by atoms with van der Waals surface area (Å²) in [6.07, 6.45) is -1.92. The number of alkyl halides is 3. The van der Waals surface area contributed by atoms with Gasteiger partial charge in [-0.05, 0) is 37.8 Å². The van der Waals surface area contributed by atoms with Gasteiger partial charge in [-0.1, -0.05) is 18.2 Å². The summed E-state index contributed by atoms with van der Waals surface area (Å²) in [5, 5.41) is 0. The Morgan fingerprint density at radius 1 is 1.29 bits per heavy atom. The molecule has 0 saturated carbocycles. The zero-order chi connectivity index (χ0) is 15.0. The summed E-state index contributed by atoms with van der Waals surface area (Å²) in [6.45, 7) is 0.590. The predicted molar refractivity (Wildman–Crippen MR) is 73.6 cm³/mol. The number of nitrogens with two attached hydrogens (primary N) is 1. The van der Waals surface area contributed by atoms with Gasteiger partial charge in [-0.25, -0.2) is 4.98 Å². The molecule has 1 unspecified atom stereocenters. The maximum atomic E-state index is 13.1. The molecule has 1 aromatic carbocycles. The number of aromatic amines is 1. The summed E-state index contributed by atoms with van der Waals surface area (Å²) in [5.41, 5.74) is 6.90. The number of nitrogens with zero attached hydrogens (tertiary/aromatic N) is 1. The van der Waals surface area contributed by atoms with Crippen LogP contribution >= 0.6 is 0 Å². The highest BCUT2D eigenvalue weighted by molar-refractivity contribution is 5.62. The smallest absolute Gasteiger partial charge is 0.342 e. The molecule has 3 N–H and O–H groups in total. The highest BCUT2D eigenvalue weighted by Gasteiger charge is 2.34. The first-order chi connectivity index (χ1) is 9.99. The van der Waals surface area contributed by atoms with E-state index in [-0.39, 0.29) is 5.56 Å². The molecular weight excluding hydrogens is 279 g/mol. The molecule has 6 heteroatoms. The molecule has 0 amide bonds. The Labute approximate surface area is 120 Å². The number of hydrogen-bond donors (Lipinski definition) is 2. The Morgan fingerprint density at radius 2 is 2.05 bits per heavy atom. The van der Waals surface area contributed by atoms with Gasteiger partial charge in [0.15, 0.2) is 0 Å². The SMILES string of the molecule is NCC1CCc2nc(-c3ccccc3C(F)(F)F)[nH]c2C1. The molecule has 1 aromatic heterocycles. The van der Waals surface area contributed by atoms with Crippen molar-refractivity contribution >= 4 is 0 Å². The third-order valence-electron chi connectivity index (χ3n) is 3.97. The van der Waals surface area contributed by atoms with Gasteiger partial charge in [-0.15, -0.1) is 0 Å². The van der Waals surface area contributed by atoms with Gasteiger partial charge in [0.1, 0.15) is 5.82 Å². The average molecular weight is 295 g/mol. The van der Waals surface area contributed by atoms with E-state index in [4.69, 9.17) is 5.73 Å². The number of hydrogen-bond acceptors (Lipinski definition) is 2. The average Bonchev–Trinajstić information content (AvgIpc) is 2.89. The molecule has 0 aliphatic heterocycles. The van der Waals surface area contributed by atoms with Gasteiger partial charge in [0.05, 0.1) is 11.3 Å². The van der Waals surface area contributed by atoms with Crippen molar-refractivity contribution in [3.05, 3.63) is 41.2 Å². The van der Waals surface area contributed by atoms with Crippen LogP contribution in [0.2, 0.25) is 0 Å². The van der Waals surface area contributed by atoms with Crippen LogP contribution in [0.1, 0.15) is 23.4 Å². The Morgan fingerprint density at radius 3 is 2.76 bits per heavy atom. The summed E-state index contributed by atoms with van der Waals surface area (Å²) in [7, 11) is 0. The van der Waals surface area contributed by atoms with Crippen LogP contribution in [0, 0.1) is 5.92 Å². The molecule has 1 atom stereocenters. The summed E-state index contributed by atoms with van der Waals surface area (Å²) in [6, 6.07) is 5.52. The fraction of sp³-hybridized carbons (Fsp3) is 0.400. The lowest BCUT2D eigenvalue weighted by Crippen LogP contribution is -2.22. The summed E-state index contributed by atoms with van der Waals surface area (Å²) < 4.78 is 39.2. The van der Waals surface area contributed by atoms with Gasteiger partial charge in [0, 0.05) is 11.3 Å². The van der Waals surface area contributed by atoms with E-state index in [0.717, 1.165) is 36.7 Å². The van der Waals surface area contributed by atoms with Gasteiger partial charge in [0.25, 0.3) is 0 Å². The van der Waals surface area contributed by atoms with Crippen LogP contribution < -0.4 is 5.73 Å². The van der Waals surface area contributed by atoms with Crippen LogP contribution in [0.4, 0.5) is 13.2 Å². The molecule has 0 radical (unpaired) electrons. The fourth-order valence-corrected chi connectivity index (χ4v) is 2.82. The van der Waals surface area contributed by atoms with Gasteiger partial charge >= 0.3 is 6.18 Å². The third kappa shape index (κ3) is 2.68.